The summed E-state index contributed by atoms with van der Waals surface area (Å²) in [4.78, 5) is 0. The number of para-hydroxylation sites is 1. The number of benzene rings is 1. The molecule has 0 bridgehead atoms. The van der Waals surface area contributed by atoms with Crippen LogP contribution >= 0.6 is 11.6 Å². The smallest absolute Gasteiger partial charge is 0.142 e. The molecule has 1 aromatic rings. The van der Waals surface area contributed by atoms with Crippen molar-refractivity contribution in [2.45, 2.75) is 31.2 Å². The fourth-order valence-electron chi connectivity index (χ4n) is 1.94. The van der Waals surface area contributed by atoms with Gasteiger partial charge in [-0.25, -0.2) is 0 Å². The number of rotatable bonds is 4. The molecule has 3 rings (SSSR count). The first-order chi connectivity index (χ1) is 7.69. The van der Waals surface area contributed by atoms with Gasteiger partial charge in [-0.1, -0.05) is 23.7 Å². The van der Waals surface area contributed by atoms with Crippen LogP contribution in [0.15, 0.2) is 18.2 Å². The lowest BCUT2D eigenvalue weighted by molar-refractivity contribution is 0.294. The minimum atomic E-state index is -0.177. The predicted molar refractivity (Wildman–Crippen MR) is 64.8 cm³/mol. The molecule has 86 valence electrons. The topological polar surface area (TPSA) is 35.2 Å². The van der Waals surface area contributed by atoms with E-state index in [1.54, 1.807) is 0 Å². The molecule has 16 heavy (non-hydrogen) atoms. The van der Waals surface area contributed by atoms with Gasteiger partial charge in [-0.2, -0.15) is 0 Å². The molecular formula is C13H16ClNO. The largest absolute Gasteiger partial charge is 0.491 e. The van der Waals surface area contributed by atoms with Crippen LogP contribution in [0.1, 0.15) is 31.2 Å². The number of halogens is 1. The van der Waals surface area contributed by atoms with E-state index >= 15 is 0 Å². The number of ether oxygens (including phenoxy) is 1. The summed E-state index contributed by atoms with van der Waals surface area (Å²) in [5.74, 6) is 1.55. The highest BCUT2D eigenvalue weighted by molar-refractivity contribution is 6.32. The van der Waals surface area contributed by atoms with Crippen molar-refractivity contribution in [1.82, 2.24) is 0 Å². The van der Waals surface area contributed by atoms with E-state index in [0.29, 0.717) is 5.02 Å². The van der Waals surface area contributed by atoms with Crippen LogP contribution in [0.3, 0.4) is 0 Å². The van der Waals surface area contributed by atoms with E-state index < -0.39 is 0 Å². The zero-order chi connectivity index (χ0) is 11.2. The molecule has 0 heterocycles. The molecule has 0 saturated heterocycles. The molecule has 2 N–H and O–H groups in total. The SMILES string of the molecule is NC1(c2cccc(Cl)c2OCC2CC2)CC1. The Morgan fingerprint density at radius 3 is 2.75 bits per heavy atom. The van der Waals surface area contributed by atoms with Gasteiger partial charge in [0.1, 0.15) is 5.75 Å². The van der Waals surface area contributed by atoms with Crippen LogP contribution in [0, 0.1) is 5.92 Å². The van der Waals surface area contributed by atoms with E-state index in [2.05, 4.69) is 0 Å². The summed E-state index contributed by atoms with van der Waals surface area (Å²) in [7, 11) is 0. The van der Waals surface area contributed by atoms with E-state index in [1.807, 2.05) is 18.2 Å². The van der Waals surface area contributed by atoms with Crippen LogP contribution in [-0.4, -0.2) is 6.61 Å². The Kier molecular flexibility index (Phi) is 2.37. The second-order valence-electron chi connectivity index (χ2n) is 5.03. The third kappa shape index (κ3) is 1.92. The van der Waals surface area contributed by atoms with Gasteiger partial charge in [0.2, 0.25) is 0 Å². The van der Waals surface area contributed by atoms with Gasteiger partial charge in [0.15, 0.2) is 0 Å². The summed E-state index contributed by atoms with van der Waals surface area (Å²) in [5.41, 5.74) is 7.13. The first-order valence-electron chi connectivity index (χ1n) is 5.90. The third-order valence-corrected chi connectivity index (χ3v) is 3.75. The minimum absolute atomic E-state index is 0.177. The monoisotopic (exact) mass is 237 g/mol. The summed E-state index contributed by atoms with van der Waals surface area (Å²) >= 11 is 6.19. The number of hydrogen-bond donors (Lipinski definition) is 1. The van der Waals surface area contributed by atoms with Crippen molar-refractivity contribution in [2.24, 2.45) is 11.7 Å². The van der Waals surface area contributed by atoms with Crippen molar-refractivity contribution in [1.29, 1.82) is 0 Å². The predicted octanol–water partition coefficient (Wildman–Crippen LogP) is 3.08. The molecule has 1 aromatic carbocycles. The quantitative estimate of drug-likeness (QED) is 0.874. The Labute approximate surface area is 101 Å². The molecule has 2 aliphatic carbocycles. The fraction of sp³-hybridized carbons (Fsp3) is 0.538. The maximum Gasteiger partial charge on any atom is 0.142 e. The zero-order valence-corrected chi connectivity index (χ0v) is 9.96. The van der Waals surface area contributed by atoms with E-state index in [1.165, 1.54) is 12.8 Å². The Hall–Kier alpha value is -0.730. The highest BCUT2D eigenvalue weighted by Gasteiger charge is 2.42. The third-order valence-electron chi connectivity index (χ3n) is 3.45. The summed E-state index contributed by atoms with van der Waals surface area (Å²) in [6.07, 6.45) is 4.64. The summed E-state index contributed by atoms with van der Waals surface area (Å²) < 4.78 is 5.85. The van der Waals surface area contributed by atoms with Crippen LogP contribution in [0.2, 0.25) is 5.02 Å². The molecular weight excluding hydrogens is 222 g/mol. The molecule has 2 saturated carbocycles. The molecule has 0 unspecified atom stereocenters. The highest BCUT2D eigenvalue weighted by atomic mass is 35.5. The maximum absolute atomic E-state index is 6.22. The van der Waals surface area contributed by atoms with E-state index in [-0.39, 0.29) is 5.54 Å². The van der Waals surface area contributed by atoms with Crippen LogP contribution in [-0.2, 0) is 5.54 Å². The van der Waals surface area contributed by atoms with E-state index in [0.717, 1.165) is 36.7 Å². The van der Waals surface area contributed by atoms with E-state index in [9.17, 15) is 0 Å². The van der Waals surface area contributed by atoms with Gasteiger partial charge in [-0.05, 0) is 37.7 Å². The van der Waals surface area contributed by atoms with Crippen molar-refractivity contribution in [3.8, 4) is 5.75 Å². The Morgan fingerprint density at radius 1 is 1.38 bits per heavy atom. The first kappa shape index (κ1) is 10.4. The van der Waals surface area contributed by atoms with Gasteiger partial charge in [-0.15, -0.1) is 0 Å². The van der Waals surface area contributed by atoms with Gasteiger partial charge >= 0.3 is 0 Å². The Balaban J connectivity index is 1.86. The van der Waals surface area contributed by atoms with Gasteiger partial charge in [0, 0.05) is 11.1 Å². The normalized spacial score (nSPS) is 21.9. The Morgan fingerprint density at radius 2 is 2.12 bits per heavy atom. The Bertz CT molecular complexity index is 410. The summed E-state index contributed by atoms with van der Waals surface area (Å²) in [6, 6.07) is 5.87. The van der Waals surface area contributed by atoms with E-state index in [4.69, 9.17) is 22.1 Å². The van der Waals surface area contributed by atoms with Crippen molar-refractivity contribution >= 4 is 11.6 Å². The van der Waals surface area contributed by atoms with Gasteiger partial charge in [-0.3, -0.25) is 0 Å². The molecule has 0 spiro atoms. The molecule has 0 atom stereocenters. The molecule has 0 aliphatic heterocycles. The molecule has 0 aromatic heterocycles. The second kappa shape index (κ2) is 3.64. The van der Waals surface area contributed by atoms with Crippen LogP contribution in [0.5, 0.6) is 5.75 Å². The highest BCUT2D eigenvalue weighted by Crippen LogP contribution is 2.48. The molecule has 0 amide bonds. The maximum atomic E-state index is 6.22. The van der Waals surface area contributed by atoms with Crippen LogP contribution in [0.4, 0.5) is 0 Å². The molecule has 0 radical (unpaired) electrons. The average molecular weight is 238 g/mol. The van der Waals surface area contributed by atoms with Gasteiger partial charge < -0.3 is 10.5 Å². The van der Waals surface area contributed by atoms with Crippen molar-refractivity contribution in [3.05, 3.63) is 28.8 Å². The molecule has 2 aliphatic rings. The first-order valence-corrected chi connectivity index (χ1v) is 6.27. The summed E-state index contributed by atoms with van der Waals surface area (Å²) in [5, 5.41) is 0.690. The standard InChI is InChI=1S/C13H16ClNO/c14-11-3-1-2-10(13(15)6-7-13)12(11)16-8-9-4-5-9/h1-3,9H,4-8,15H2. The zero-order valence-electron chi connectivity index (χ0n) is 9.21. The van der Waals surface area contributed by atoms with Gasteiger partial charge in [0.05, 0.1) is 11.6 Å². The lowest BCUT2D eigenvalue weighted by atomic mass is 10.0. The van der Waals surface area contributed by atoms with Gasteiger partial charge in [0.25, 0.3) is 0 Å². The number of nitrogens with two attached hydrogens (primary N) is 1. The summed E-state index contributed by atoms with van der Waals surface area (Å²) in [6.45, 7) is 0.785. The van der Waals surface area contributed by atoms with Crippen molar-refractivity contribution < 1.29 is 4.74 Å². The fourth-order valence-corrected chi connectivity index (χ4v) is 2.17. The molecule has 2 nitrogen and oxygen atoms in total. The molecule has 3 heteroatoms. The lowest BCUT2D eigenvalue weighted by Crippen LogP contribution is -2.20. The van der Waals surface area contributed by atoms with Crippen molar-refractivity contribution in [3.63, 3.8) is 0 Å². The van der Waals surface area contributed by atoms with Crippen molar-refractivity contribution in [2.75, 3.05) is 6.61 Å². The second-order valence-corrected chi connectivity index (χ2v) is 5.43. The average Bonchev–Trinajstić information content (AvgIpc) is 3.13. The molecule has 2 fully saturated rings. The van der Waals surface area contributed by atoms with Crippen LogP contribution in [0.25, 0.3) is 0 Å². The minimum Gasteiger partial charge on any atom is -0.491 e. The number of hydrogen-bond acceptors (Lipinski definition) is 2. The van der Waals surface area contributed by atoms with Crippen LogP contribution < -0.4 is 10.5 Å². The lowest BCUT2D eigenvalue weighted by Gasteiger charge is -2.17.